The third-order valence-electron chi connectivity index (χ3n) is 4.26. The maximum absolute atomic E-state index is 11.9. The summed E-state index contributed by atoms with van der Waals surface area (Å²) in [6.45, 7) is 5.81. The largest absolute Gasteiger partial charge is 0.381 e. The van der Waals surface area contributed by atoms with Gasteiger partial charge in [0.25, 0.3) is 0 Å². The lowest BCUT2D eigenvalue weighted by Gasteiger charge is -2.40. The minimum Gasteiger partial charge on any atom is -0.381 e. The van der Waals surface area contributed by atoms with Gasteiger partial charge in [-0.05, 0) is 25.7 Å². The number of carbonyl (C=O) groups excluding carboxylic acids is 1. The summed E-state index contributed by atoms with van der Waals surface area (Å²) in [7, 11) is 0. The van der Waals surface area contributed by atoms with E-state index < -0.39 is 0 Å². The molecule has 3 aliphatic rings. The van der Waals surface area contributed by atoms with Gasteiger partial charge in [0.2, 0.25) is 5.91 Å². The van der Waals surface area contributed by atoms with Crippen LogP contribution in [0.4, 0.5) is 0 Å². The summed E-state index contributed by atoms with van der Waals surface area (Å²) in [6, 6.07) is 0.696. The summed E-state index contributed by atoms with van der Waals surface area (Å²) in [4.78, 5) is 16.6. The van der Waals surface area contributed by atoms with E-state index in [-0.39, 0.29) is 0 Å². The normalized spacial score (nSPS) is 28.4. The predicted molar refractivity (Wildman–Crippen MR) is 64.7 cm³/mol. The molecule has 17 heavy (non-hydrogen) atoms. The van der Waals surface area contributed by atoms with Gasteiger partial charge in [-0.15, -0.1) is 0 Å². The number of nitrogens with zero attached hydrogens (tertiary/aromatic N) is 2. The van der Waals surface area contributed by atoms with Crippen LogP contribution in [-0.2, 0) is 9.53 Å². The highest BCUT2D eigenvalue weighted by atomic mass is 16.5. The summed E-state index contributed by atoms with van der Waals surface area (Å²) < 4.78 is 5.40. The fraction of sp³-hybridized carbons (Fsp3) is 0.923. The van der Waals surface area contributed by atoms with Gasteiger partial charge in [0, 0.05) is 51.4 Å². The quantitative estimate of drug-likeness (QED) is 0.710. The molecule has 3 fully saturated rings. The Morgan fingerprint density at radius 3 is 2.18 bits per heavy atom. The second-order valence-electron chi connectivity index (χ2n) is 5.48. The molecular weight excluding hydrogens is 216 g/mol. The van der Waals surface area contributed by atoms with Crippen molar-refractivity contribution in [1.29, 1.82) is 0 Å². The topological polar surface area (TPSA) is 32.8 Å². The molecule has 2 aliphatic heterocycles. The minimum absolute atomic E-state index is 0.379. The fourth-order valence-electron chi connectivity index (χ4n) is 2.95. The molecule has 0 atom stereocenters. The van der Waals surface area contributed by atoms with Crippen molar-refractivity contribution in [1.82, 2.24) is 9.80 Å². The van der Waals surface area contributed by atoms with Crippen LogP contribution in [0.1, 0.15) is 25.7 Å². The SMILES string of the molecule is O=C(C1CC1)N1CCN(C2CCOCC2)CC1. The van der Waals surface area contributed by atoms with Gasteiger partial charge in [-0.25, -0.2) is 0 Å². The molecule has 0 N–H and O–H groups in total. The average Bonchev–Trinajstić information content (AvgIpc) is 3.24. The van der Waals surface area contributed by atoms with Gasteiger partial charge in [0.05, 0.1) is 0 Å². The fourth-order valence-corrected chi connectivity index (χ4v) is 2.95. The summed E-state index contributed by atoms with van der Waals surface area (Å²) >= 11 is 0. The van der Waals surface area contributed by atoms with Crippen molar-refractivity contribution in [3.05, 3.63) is 0 Å². The molecule has 0 aromatic rings. The van der Waals surface area contributed by atoms with Gasteiger partial charge in [-0.1, -0.05) is 0 Å². The van der Waals surface area contributed by atoms with Gasteiger partial charge in [0.1, 0.15) is 0 Å². The molecule has 1 aliphatic carbocycles. The van der Waals surface area contributed by atoms with E-state index in [2.05, 4.69) is 9.80 Å². The molecule has 96 valence electrons. The zero-order valence-electron chi connectivity index (χ0n) is 10.4. The van der Waals surface area contributed by atoms with Crippen LogP contribution < -0.4 is 0 Å². The van der Waals surface area contributed by atoms with Crippen LogP contribution in [0.2, 0.25) is 0 Å². The van der Waals surface area contributed by atoms with Crippen LogP contribution in [0, 0.1) is 5.92 Å². The monoisotopic (exact) mass is 238 g/mol. The van der Waals surface area contributed by atoms with Crippen molar-refractivity contribution in [2.45, 2.75) is 31.7 Å². The molecule has 0 aromatic heterocycles. The molecule has 2 saturated heterocycles. The highest BCUT2D eigenvalue weighted by Gasteiger charge is 2.35. The van der Waals surface area contributed by atoms with E-state index in [0.717, 1.165) is 65.1 Å². The van der Waals surface area contributed by atoms with Crippen LogP contribution in [0.5, 0.6) is 0 Å². The second kappa shape index (κ2) is 4.94. The first kappa shape index (κ1) is 11.5. The molecule has 0 bridgehead atoms. The number of rotatable bonds is 2. The number of hydrogen-bond donors (Lipinski definition) is 0. The van der Waals surface area contributed by atoms with Crippen molar-refractivity contribution >= 4 is 5.91 Å². The van der Waals surface area contributed by atoms with Crippen LogP contribution in [-0.4, -0.2) is 61.1 Å². The molecule has 4 heteroatoms. The third-order valence-corrected chi connectivity index (χ3v) is 4.26. The van der Waals surface area contributed by atoms with E-state index in [0.29, 0.717) is 17.9 Å². The van der Waals surface area contributed by atoms with E-state index in [1.54, 1.807) is 0 Å². The van der Waals surface area contributed by atoms with Crippen LogP contribution in [0.15, 0.2) is 0 Å². The van der Waals surface area contributed by atoms with Crippen LogP contribution >= 0.6 is 0 Å². The highest BCUT2D eigenvalue weighted by Crippen LogP contribution is 2.31. The third kappa shape index (κ3) is 2.63. The Kier molecular flexibility index (Phi) is 3.34. The van der Waals surface area contributed by atoms with Gasteiger partial charge < -0.3 is 9.64 Å². The van der Waals surface area contributed by atoms with E-state index >= 15 is 0 Å². The Balaban J connectivity index is 1.47. The van der Waals surface area contributed by atoms with Crippen molar-refractivity contribution in [3.8, 4) is 0 Å². The maximum Gasteiger partial charge on any atom is 0.225 e. The van der Waals surface area contributed by atoms with Gasteiger partial charge >= 0.3 is 0 Å². The Labute approximate surface area is 103 Å². The molecule has 0 radical (unpaired) electrons. The zero-order valence-corrected chi connectivity index (χ0v) is 10.4. The second-order valence-corrected chi connectivity index (χ2v) is 5.48. The number of amides is 1. The summed E-state index contributed by atoms with van der Waals surface area (Å²) in [5.41, 5.74) is 0. The predicted octanol–water partition coefficient (Wildman–Crippen LogP) is 0.720. The minimum atomic E-state index is 0.379. The van der Waals surface area contributed by atoms with E-state index in [9.17, 15) is 4.79 Å². The van der Waals surface area contributed by atoms with E-state index in [1.807, 2.05) is 0 Å². The lowest BCUT2D eigenvalue weighted by Crippen LogP contribution is -2.53. The number of piperazine rings is 1. The van der Waals surface area contributed by atoms with E-state index in [4.69, 9.17) is 4.74 Å². The summed E-state index contributed by atoms with van der Waals surface area (Å²) in [5, 5.41) is 0. The zero-order chi connectivity index (χ0) is 11.7. The maximum atomic E-state index is 11.9. The number of hydrogen-bond acceptors (Lipinski definition) is 3. The molecule has 0 spiro atoms. The van der Waals surface area contributed by atoms with Gasteiger partial charge in [0.15, 0.2) is 0 Å². The smallest absolute Gasteiger partial charge is 0.225 e. The van der Waals surface area contributed by atoms with Crippen molar-refractivity contribution in [2.24, 2.45) is 5.92 Å². The van der Waals surface area contributed by atoms with E-state index in [1.165, 1.54) is 0 Å². The summed E-state index contributed by atoms with van der Waals surface area (Å²) in [5.74, 6) is 0.793. The van der Waals surface area contributed by atoms with Crippen LogP contribution in [0.3, 0.4) is 0 Å². The molecular formula is C13H22N2O2. The molecule has 0 unspecified atom stereocenters. The van der Waals surface area contributed by atoms with Crippen molar-refractivity contribution < 1.29 is 9.53 Å². The first-order valence-electron chi connectivity index (χ1n) is 6.95. The molecule has 0 aromatic carbocycles. The summed E-state index contributed by atoms with van der Waals surface area (Å²) in [6.07, 6.45) is 4.57. The molecule has 2 heterocycles. The van der Waals surface area contributed by atoms with Crippen molar-refractivity contribution in [2.75, 3.05) is 39.4 Å². The average molecular weight is 238 g/mol. The van der Waals surface area contributed by atoms with Gasteiger partial charge in [-0.3, -0.25) is 9.69 Å². The van der Waals surface area contributed by atoms with Gasteiger partial charge in [-0.2, -0.15) is 0 Å². The Bertz CT molecular complexity index is 277. The Hall–Kier alpha value is -0.610. The molecule has 3 rings (SSSR count). The highest BCUT2D eigenvalue weighted by molar-refractivity contribution is 5.81. The Morgan fingerprint density at radius 1 is 0.941 bits per heavy atom. The number of ether oxygens (including phenoxy) is 1. The lowest BCUT2D eigenvalue weighted by molar-refractivity contribution is -0.135. The number of carbonyl (C=O) groups is 1. The van der Waals surface area contributed by atoms with Crippen molar-refractivity contribution in [3.63, 3.8) is 0 Å². The first-order chi connectivity index (χ1) is 8.34. The molecule has 1 saturated carbocycles. The molecule has 4 nitrogen and oxygen atoms in total. The molecule has 1 amide bonds. The standard InChI is InChI=1S/C13H22N2O2/c16-13(11-1-2-11)15-7-5-14(6-8-15)12-3-9-17-10-4-12/h11-12H,1-10H2. The first-order valence-corrected chi connectivity index (χ1v) is 6.95. The lowest BCUT2D eigenvalue weighted by atomic mass is 10.1. The Morgan fingerprint density at radius 2 is 1.59 bits per heavy atom. The van der Waals surface area contributed by atoms with Crippen LogP contribution in [0.25, 0.3) is 0 Å².